The molecule has 1 heterocycles. The number of carbonyl (C=O) groups excluding carboxylic acids is 2. The predicted octanol–water partition coefficient (Wildman–Crippen LogP) is 3.59. The third kappa shape index (κ3) is 2.94. The van der Waals surface area contributed by atoms with Crippen LogP contribution in [-0.4, -0.2) is 30.2 Å². The number of carbonyl (C=O) groups is 2. The zero-order valence-electron chi connectivity index (χ0n) is 16.3. The molecular weight excluding hydrogens is 350 g/mol. The number of aliphatic carboxylic acids is 1. The lowest BCUT2D eigenvalue weighted by Gasteiger charge is -2.35. The van der Waals surface area contributed by atoms with Crippen LogP contribution in [0, 0.1) is 12.8 Å². The van der Waals surface area contributed by atoms with Crippen molar-refractivity contribution in [3.63, 3.8) is 0 Å². The minimum atomic E-state index is -1.51. The minimum Gasteiger partial charge on any atom is -0.496 e. The number of ether oxygens (including phenoxy) is 2. The van der Waals surface area contributed by atoms with Crippen LogP contribution in [0.4, 0.5) is 5.69 Å². The van der Waals surface area contributed by atoms with E-state index < -0.39 is 23.3 Å². The van der Waals surface area contributed by atoms with Gasteiger partial charge >= 0.3 is 11.9 Å². The maximum atomic E-state index is 12.5. The van der Waals surface area contributed by atoms with E-state index in [1.54, 1.807) is 20.8 Å². The number of hydrogen-bond donors (Lipinski definition) is 1. The number of carboxylic acids is 1. The van der Waals surface area contributed by atoms with Gasteiger partial charge in [-0.2, -0.15) is 4.99 Å². The number of rotatable bonds is 6. The Kier molecular flexibility index (Phi) is 5.56. The monoisotopic (exact) mass is 373 g/mol. The van der Waals surface area contributed by atoms with E-state index in [9.17, 15) is 19.5 Å². The number of cyclic esters (lactones) is 1. The van der Waals surface area contributed by atoms with Crippen LogP contribution in [-0.2, 0) is 26.3 Å². The van der Waals surface area contributed by atoms with Crippen molar-refractivity contribution in [2.75, 3.05) is 7.11 Å². The summed E-state index contributed by atoms with van der Waals surface area (Å²) in [6.07, 6.45) is 3.27. The molecule has 0 fully saturated rings. The molecule has 27 heavy (non-hydrogen) atoms. The smallest absolute Gasteiger partial charge is 0.341 e. The standard InChI is InChI=1S/C20H23NO6/c1-7-10(2)12(4)20(5,19(24)25)15-16(21-9-22)14-13(8-27-18(14)23)11(3)17(15)26-6/h7,12H,8H2,1-6H3,(H,24,25)/t12?,20-/m1/s1. The van der Waals surface area contributed by atoms with E-state index in [1.807, 2.05) is 19.9 Å². The summed E-state index contributed by atoms with van der Waals surface area (Å²) in [6, 6.07) is 0. The summed E-state index contributed by atoms with van der Waals surface area (Å²) in [7, 11) is 1.42. The second-order valence-electron chi connectivity index (χ2n) is 6.78. The second kappa shape index (κ2) is 7.37. The van der Waals surface area contributed by atoms with Crippen LogP contribution in [0.3, 0.4) is 0 Å². The van der Waals surface area contributed by atoms with Crippen molar-refractivity contribution in [2.24, 2.45) is 10.9 Å². The summed E-state index contributed by atoms with van der Waals surface area (Å²) < 4.78 is 10.6. The van der Waals surface area contributed by atoms with Crippen LogP contribution in [0.1, 0.15) is 54.7 Å². The molecular formula is C20H23NO6. The topological polar surface area (TPSA) is 102 Å². The number of fused-ring (bicyclic) bond motifs is 1. The lowest BCUT2D eigenvalue weighted by Crippen LogP contribution is -2.40. The van der Waals surface area contributed by atoms with E-state index in [0.29, 0.717) is 11.1 Å². The SMILES string of the molecule is CC=C(C)C(C)[C@@](C)(C(=O)O)c1c(N=C=O)c2c(c(C)c1OC)COC2=O. The molecule has 0 aromatic heterocycles. The van der Waals surface area contributed by atoms with E-state index in [-0.39, 0.29) is 29.2 Å². The maximum Gasteiger partial charge on any atom is 0.341 e. The van der Waals surface area contributed by atoms with E-state index in [0.717, 1.165) is 5.57 Å². The molecule has 0 radical (unpaired) electrons. The zero-order valence-corrected chi connectivity index (χ0v) is 16.3. The Morgan fingerprint density at radius 2 is 2.11 bits per heavy atom. The summed E-state index contributed by atoms with van der Waals surface area (Å²) in [5, 5.41) is 10.2. The number of hydrogen-bond acceptors (Lipinski definition) is 6. The van der Waals surface area contributed by atoms with Crippen molar-refractivity contribution >= 4 is 23.7 Å². The van der Waals surface area contributed by atoms with Crippen LogP contribution in [0.15, 0.2) is 16.6 Å². The molecule has 1 aliphatic rings. The number of esters is 1. The third-order valence-corrected chi connectivity index (χ3v) is 5.68. The Morgan fingerprint density at radius 3 is 2.59 bits per heavy atom. The molecule has 7 heteroatoms. The van der Waals surface area contributed by atoms with Gasteiger partial charge in [-0.25, -0.2) is 9.59 Å². The first kappa shape index (κ1) is 20.4. The number of carboxylic acid groups (broad SMARTS) is 1. The highest BCUT2D eigenvalue weighted by Gasteiger charge is 2.48. The first-order valence-electron chi connectivity index (χ1n) is 8.51. The average molecular weight is 373 g/mol. The van der Waals surface area contributed by atoms with Crippen LogP contribution in [0.2, 0.25) is 0 Å². The number of aliphatic imine (C=N–C) groups is 1. The van der Waals surface area contributed by atoms with Crippen molar-refractivity contribution in [2.45, 2.75) is 46.6 Å². The van der Waals surface area contributed by atoms with Crippen molar-refractivity contribution < 1.29 is 29.0 Å². The van der Waals surface area contributed by atoms with Gasteiger partial charge in [0.25, 0.3) is 0 Å². The number of methoxy groups -OCH3 is 1. The van der Waals surface area contributed by atoms with Gasteiger partial charge in [0.15, 0.2) is 0 Å². The molecule has 0 saturated heterocycles. The lowest BCUT2D eigenvalue weighted by atomic mass is 9.67. The van der Waals surface area contributed by atoms with Gasteiger partial charge < -0.3 is 14.6 Å². The predicted molar refractivity (Wildman–Crippen MR) is 98.2 cm³/mol. The number of benzene rings is 1. The highest BCUT2D eigenvalue weighted by molar-refractivity contribution is 6.02. The van der Waals surface area contributed by atoms with E-state index in [2.05, 4.69) is 4.99 Å². The number of isocyanates is 1. The van der Waals surface area contributed by atoms with Crippen molar-refractivity contribution in [3.05, 3.63) is 33.9 Å². The van der Waals surface area contributed by atoms with Gasteiger partial charge in [-0.05, 0) is 39.2 Å². The Hall–Kier alpha value is -2.92. The fourth-order valence-electron chi connectivity index (χ4n) is 3.61. The first-order chi connectivity index (χ1) is 12.7. The van der Waals surface area contributed by atoms with Crippen molar-refractivity contribution in [3.8, 4) is 5.75 Å². The summed E-state index contributed by atoms with van der Waals surface area (Å²) in [5.41, 5.74) is 0.678. The fourth-order valence-corrected chi connectivity index (χ4v) is 3.61. The molecule has 1 aromatic rings. The van der Waals surface area contributed by atoms with Gasteiger partial charge in [-0.15, -0.1) is 0 Å². The minimum absolute atomic E-state index is 0.0191. The first-order valence-corrected chi connectivity index (χ1v) is 8.51. The maximum absolute atomic E-state index is 12.5. The Morgan fingerprint density at radius 1 is 1.48 bits per heavy atom. The van der Waals surface area contributed by atoms with Gasteiger partial charge in [0.05, 0.1) is 18.4 Å². The van der Waals surface area contributed by atoms with Crippen molar-refractivity contribution in [1.82, 2.24) is 0 Å². The van der Waals surface area contributed by atoms with Gasteiger partial charge in [0.2, 0.25) is 6.08 Å². The van der Waals surface area contributed by atoms with Gasteiger partial charge in [-0.1, -0.05) is 18.6 Å². The Labute approximate surface area is 157 Å². The molecule has 1 N–H and O–H groups in total. The molecule has 1 aliphatic heterocycles. The molecule has 2 rings (SSSR count). The van der Waals surface area contributed by atoms with Gasteiger partial charge in [0, 0.05) is 11.1 Å². The summed E-state index contributed by atoms with van der Waals surface area (Å²) >= 11 is 0. The summed E-state index contributed by atoms with van der Waals surface area (Å²) in [5.74, 6) is -1.96. The van der Waals surface area contributed by atoms with Crippen molar-refractivity contribution in [1.29, 1.82) is 0 Å². The Balaban J connectivity index is 3.07. The highest BCUT2D eigenvalue weighted by atomic mass is 16.5. The lowest BCUT2D eigenvalue weighted by molar-refractivity contribution is -0.144. The van der Waals surface area contributed by atoms with E-state index in [1.165, 1.54) is 13.2 Å². The molecule has 0 saturated carbocycles. The van der Waals surface area contributed by atoms with Crippen LogP contribution in [0.25, 0.3) is 0 Å². The van der Waals surface area contributed by atoms with E-state index >= 15 is 0 Å². The molecule has 0 bridgehead atoms. The van der Waals surface area contributed by atoms with Crippen LogP contribution in [0.5, 0.6) is 5.75 Å². The molecule has 2 atom stereocenters. The normalized spacial score (nSPS) is 16.7. The zero-order chi connectivity index (χ0) is 20.5. The molecule has 0 aliphatic carbocycles. The second-order valence-corrected chi connectivity index (χ2v) is 6.78. The molecule has 144 valence electrons. The molecule has 0 spiro atoms. The average Bonchev–Trinajstić information content (AvgIpc) is 3.03. The summed E-state index contributed by atoms with van der Waals surface area (Å²) in [4.78, 5) is 39.6. The molecule has 0 amide bonds. The quantitative estimate of drug-likeness (QED) is 0.354. The van der Waals surface area contributed by atoms with E-state index in [4.69, 9.17) is 9.47 Å². The molecule has 1 unspecified atom stereocenters. The molecule has 1 aromatic carbocycles. The fraction of sp³-hybridized carbons (Fsp3) is 0.450. The van der Waals surface area contributed by atoms with Gasteiger partial charge in [-0.3, -0.25) is 4.79 Å². The number of nitrogens with zero attached hydrogens (tertiary/aromatic N) is 1. The third-order valence-electron chi connectivity index (χ3n) is 5.68. The Bertz CT molecular complexity index is 894. The molecule has 7 nitrogen and oxygen atoms in total. The number of allylic oxidation sites excluding steroid dienone is 2. The summed E-state index contributed by atoms with van der Waals surface area (Å²) in [6.45, 7) is 8.72. The van der Waals surface area contributed by atoms with Gasteiger partial charge in [0.1, 0.15) is 17.8 Å². The highest BCUT2D eigenvalue weighted by Crippen LogP contribution is 2.51. The van der Waals surface area contributed by atoms with Crippen LogP contribution < -0.4 is 4.74 Å². The van der Waals surface area contributed by atoms with Crippen LogP contribution >= 0.6 is 0 Å². The largest absolute Gasteiger partial charge is 0.496 e.